The lowest BCUT2D eigenvalue weighted by Gasteiger charge is -2.32. The third kappa shape index (κ3) is 2.18. The minimum atomic E-state index is -0.870. The number of nitrogens with zero attached hydrogens (tertiary/aromatic N) is 2. The molecule has 1 amide bonds. The summed E-state index contributed by atoms with van der Waals surface area (Å²) in [5.41, 5.74) is 1.94. The van der Waals surface area contributed by atoms with Crippen LogP contribution in [0.25, 0.3) is 0 Å². The van der Waals surface area contributed by atoms with Crippen molar-refractivity contribution in [1.29, 1.82) is 0 Å². The molecule has 2 heterocycles. The molecule has 0 radical (unpaired) electrons. The molecule has 2 aromatic rings. The number of aliphatic carboxylic acids is 1. The van der Waals surface area contributed by atoms with Gasteiger partial charge in [-0.3, -0.25) is 9.59 Å². The summed E-state index contributed by atoms with van der Waals surface area (Å²) in [6.45, 7) is 2.09. The van der Waals surface area contributed by atoms with Crippen molar-refractivity contribution in [3.63, 3.8) is 0 Å². The van der Waals surface area contributed by atoms with Gasteiger partial charge in [-0.2, -0.15) is 0 Å². The molecule has 0 aliphatic carbocycles. The molecule has 1 aromatic carbocycles. The Bertz CT molecular complexity index is 707. The first-order chi connectivity index (χ1) is 10.1. The Morgan fingerprint density at radius 1 is 1.38 bits per heavy atom. The van der Waals surface area contributed by atoms with Gasteiger partial charge in [0, 0.05) is 17.8 Å². The minimum Gasteiger partial charge on any atom is -0.481 e. The van der Waals surface area contributed by atoms with Crippen molar-refractivity contribution >= 4 is 17.6 Å². The summed E-state index contributed by atoms with van der Waals surface area (Å²) in [7, 11) is 0. The Balaban J connectivity index is 2.02. The first-order valence-electron chi connectivity index (χ1n) is 6.64. The van der Waals surface area contributed by atoms with Crippen molar-refractivity contribution < 1.29 is 19.2 Å². The van der Waals surface area contributed by atoms with Crippen LogP contribution in [0.4, 0.5) is 5.69 Å². The Labute approximate surface area is 121 Å². The molecule has 0 fully saturated rings. The number of para-hydroxylation sites is 1. The Morgan fingerprint density at radius 3 is 2.81 bits per heavy atom. The summed E-state index contributed by atoms with van der Waals surface area (Å²) in [5, 5.41) is 12.9. The molecule has 21 heavy (non-hydrogen) atoms. The molecular formula is C15H14N2O4. The molecule has 0 bridgehead atoms. The number of hydrogen-bond donors (Lipinski definition) is 1. The molecule has 1 N–H and O–H groups in total. The van der Waals surface area contributed by atoms with Crippen LogP contribution in [0.3, 0.4) is 0 Å². The second-order valence-corrected chi connectivity index (χ2v) is 5.03. The smallest absolute Gasteiger partial charge is 0.311 e. The number of anilines is 1. The van der Waals surface area contributed by atoms with E-state index in [2.05, 4.69) is 5.16 Å². The topological polar surface area (TPSA) is 83.6 Å². The molecule has 0 saturated carbocycles. The predicted octanol–water partition coefficient (Wildman–Crippen LogP) is 2.20. The van der Waals surface area contributed by atoms with E-state index in [1.54, 1.807) is 36.1 Å². The normalized spacial score (nSPS) is 17.4. The van der Waals surface area contributed by atoms with Gasteiger partial charge in [-0.25, -0.2) is 0 Å². The van der Waals surface area contributed by atoms with Crippen molar-refractivity contribution in [2.75, 3.05) is 11.4 Å². The number of rotatable bonds is 2. The van der Waals surface area contributed by atoms with Crippen molar-refractivity contribution in [2.24, 2.45) is 0 Å². The lowest BCUT2D eigenvalue weighted by Crippen LogP contribution is -2.38. The maximum absolute atomic E-state index is 12.6. The third-order valence-corrected chi connectivity index (χ3v) is 3.73. The molecule has 6 heteroatoms. The van der Waals surface area contributed by atoms with E-state index in [1.165, 1.54) is 6.20 Å². The fourth-order valence-corrected chi connectivity index (χ4v) is 2.65. The first kappa shape index (κ1) is 13.4. The second kappa shape index (κ2) is 5.05. The zero-order valence-electron chi connectivity index (χ0n) is 11.4. The van der Waals surface area contributed by atoms with Gasteiger partial charge in [0.2, 0.25) is 5.76 Å². The molecule has 1 aliphatic heterocycles. The van der Waals surface area contributed by atoms with Crippen molar-refractivity contribution in [1.82, 2.24) is 5.16 Å². The van der Waals surface area contributed by atoms with Gasteiger partial charge in [-0.05, 0) is 25.0 Å². The van der Waals surface area contributed by atoms with Gasteiger partial charge < -0.3 is 14.5 Å². The molecule has 1 unspecified atom stereocenters. The van der Waals surface area contributed by atoms with Crippen LogP contribution in [-0.4, -0.2) is 28.7 Å². The third-order valence-electron chi connectivity index (χ3n) is 3.73. The van der Waals surface area contributed by atoms with E-state index in [0.717, 1.165) is 0 Å². The lowest BCUT2D eigenvalue weighted by molar-refractivity contribution is -0.139. The van der Waals surface area contributed by atoms with Gasteiger partial charge in [0.05, 0.1) is 12.1 Å². The summed E-state index contributed by atoms with van der Waals surface area (Å²) in [5.74, 6) is -1.55. The van der Waals surface area contributed by atoms with Gasteiger partial charge >= 0.3 is 5.97 Å². The summed E-state index contributed by atoms with van der Waals surface area (Å²) in [6, 6.07) is 7.08. The zero-order valence-corrected chi connectivity index (χ0v) is 11.4. The highest BCUT2D eigenvalue weighted by Crippen LogP contribution is 2.36. The maximum atomic E-state index is 12.6. The highest BCUT2D eigenvalue weighted by Gasteiger charge is 2.34. The number of carboxylic acids is 1. The standard InChI is InChI=1S/C15H14N2O4/c1-9-8-16-21-13(9)14(18)17-7-6-11(15(19)20)10-4-2-3-5-12(10)17/h2-5,8,11H,6-7H2,1H3,(H,19,20). The van der Waals surface area contributed by atoms with Crippen molar-refractivity contribution in [3.05, 3.63) is 47.3 Å². The van der Waals surface area contributed by atoms with E-state index in [-0.39, 0.29) is 11.7 Å². The van der Waals surface area contributed by atoms with Crippen molar-refractivity contribution in [3.8, 4) is 0 Å². The van der Waals surface area contributed by atoms with Crippen LogP contribution in [-0.2, 0) is 4.79 Å². The Kier molecular flexibility index (Phi) is 3.21. The number of aryl methyl sites for hydroxylation is 1. The zero-order chi connectivity index (χ0) is 15.0. The number of hydrogen-bond acceptors (Lipinski definition) is 4. The lowest BCUT2D eigenvalue weighted by atomic mass is 9.90. The largest absolute Gasteiger partial charge is 0.481 e. The monoisotopic (exact) mass is 286 g/mol. The first-order valence-corrected chi connectivity index (χ1v) is 6.64. The molecule has 0 spiro atoms. The quantitative estimate of drug-likeness (QED) is 0.915. The molecule has 1 aliphatic rings. The summed E-state index contributed by atoms with van der Waals surface area (Å²) in [6.07, 6.45) is 1.87. The SMILES string of the molecule is Cc1cnoc1C(=O)N1CCC(C(=O)O)c2ccccc21. The highest BCUT2D eigenvalue weighted by molar-refractivity contribution is 6.06. The van der Waals surface area contributed by atoms with E-state index in [1.807, 2.05) is 0 Å². The molecule has 1 aromatic heterocycles. The summed E-state index contributed by atoms with van der Waals surface area (Å²) >= 11 is 0. The van der Waals surface area contributed by atoms with Gasteiger partial charge in [-0.15, -0.1) is 0 Å². The van der Waals surface area contributed by atoms with Gasteiger partial charge in [0.15, 0.2) is 0 Å². The number of carbonyl (C=O) groups excluding carboxylic acids is 1. The molecule has 6 nitrogen and oxygen atoms in total. The number of benzene rings is 1. The number of amides is 1. The molecule has 0 saturated heterocycles. The number of aromatic nitrogens is 1. The average Bonchev–Trinajstić information content (AvgIpc) is 2.91. The highest BCUT2D eigenvalue weighted by atomic mass is 16.5. The molecular weight excluding hydrogens is 272 g/mol. The maximum Gasteiger partial charge on any atom is 0.311 e. The number of carbonyl (C=O) groups is 2. The van der Waals surface area contributed by atoms with Gasteiger partial charge in [0.25, 0.3) is 5.91 Å². The molecule has 1 atom stereocenters. The number of fused-ring (bicyclic) bond motifs is 1. The fraction of sp³-hybridized carbons (Fsp3) is 0.267. The van der Waals surface area contributed by atoms with Crippen LogP contribution < -0.4 is 4.90 Å². The Hall–Kier alpha value is -2.63. The van der Waals surface area contributed by atoms with E-state index < -0.39 is 11.9 Å². The predicted molar refractivity (Wildman–Crippen MR) is 74.4 cm³/mol. The van der Waals surface area contributed by atoms with Gasteiger partial charge in [0.1, 0.15) is 0 Å². The minimum absolute atomic E-state index is 0.193. The second-order valence-electron chi connectivity index (χ2n) is 5.03. The van der Waals surface area contributed by atoms with Gasteiger partial charge in [-0.1, -0.05) is 23.4 Å². The van der Waals surface area contributed by atoms with E-state index in [9.17, 15) is 14.7 Å². The van der Waals surface area contributed by atoms with E-state index >= 15 is 0 Å². The molecule has 108 valence electrons. The average molecular weight is 286 g/mol. The number of carboxylic acid groups (broad SMARTS) is 1. The van der Waals surface area contributed by atoms with Crippen LogP contribution in [0.15, 0.2) is 35.0 Å². The van der Waals surface area contributed by atoms with Crippen LogP contribution in [0, 0.1) is 6.92 Å². The fourth-order valence-electron chi connectivity index (χ4n) is 2.65. The van der Waals surface area contributed by atoms with Crippen molar-refractivity contribution in [2.45, 2.75) is 19.3 Å². The summed E-state index contributed by atoms with van der Waals surface area (Å²) in [4.78, 5) is 25.5. The summed E-state index contributed by atoms with van der Waals surface area (Å²) < 4.78 is 5.01. The Morgan fingerprint density at radius 2 is 2.14 bits per heavy atom. The van der Waals surface area contributed by atoms with Crippen LogP contribution >= 0.6 is 0 Å². The van der Waals surface area contributed by atoms with E-state index in [0.29, 0.717) is 29.8 Å². The van der Waals surface area contributed by atoms with Crippen LogP contribution in [0.5, 0.6) is 0 Å². The van der Waals surface area contributed by atoms with Crippen LogP contribution in [0.2, 0.25) is 0 Å². The molecule has 3 rings (SSSR count). The van der Waals surface area contributed by atoms with Crippen LogP contribution in [0.1, 0.15) is 34.0 Å². The van der Waals surface area contributed by atoms with E-state index in [4.69, 9.17) is 4.52 Å².